The summed E-state index contributed by atoms with van der Waals surface area (Å²) in [7, 11) is 0. The average molecular weight is 410 g/mol. The zero-order chi connectivity index (χ0) is 21.0. The number of benzene rings is 3. The van der Waals surface area contributed by atoms with Crippen LogP contribution in [0.4, 0.5) is 11.4 Å². The zero-order valence-corrected chi connectivity index (χ0v) is 17.2. The number of aromatic amines is 1. The third-order valence-corrected chi connectivity index (χ3v) is 5.60. The SMILES string of the molecule is O=C(Nc1ccc2c(c1)NCCC2)c1cccc(OCc2c[nH+]cc3ccccc23)c1. The second kappa shape index (κ2) is 8.48. The van der Waals surface area contributed by atoms with Gasteiger partial charge >= 0.3 is 0 Å². The first-order valence-electron chi connectivity index (χ1n) is 10.5. The van der Waals surface area contributed by atoms with Gasteiger partial charge in [0.1, 0.15) is 12.4 Å². The molecule has 3 aromatic carbocycles. The maximum Gasteiger partial charge on any atom is 0.255 e. The van der Waals surface area contributed by atoms with Gasteiger partial charge in [0.2, 0.25) is 0 Å². The van der Waals surface area contributed by atoms with Crippen LogP contribution in [0.2, 0.25) is 0 Å². The van der Waals surface area contributed by atoms with Gasteiger partial charge in [-0.1, -0.05) is 30.3 Å². The van der Waals surface area contributed by atoms with Gasteiger partial charge in [-0.25, -0.2) is 4.98 Å². The number of carbonyl (C=O) groups is 1. The van der Waals surface area contributed by atoms with Crippen LogP contribution in [0.5, 0.6) is 5.75 Å². The third kappa shape index (κ3) is 4.21. The van der Waals surface area contributed by atoms with Gasteiger partial charge in [-0.15, -0.1) is 0 Å². The molecule has 0 saturated heterocycles. The van der Waals surface area contributed by atoms with Gasteiger partial charge in [0.05, 0.1) is 5.56 Å². The Balaban J connectivity index is 1.29. The van der Waals surface area contributed by atoms with E-state index in [2.05, 4.69) is 33.8 Å². The summed E-state index contributed by atoms with van der Waals surface area (Å²) in [6, 6.07) is 21.5. The van der Waals surface area contributed by atoms with Gasteiger partial charge in [0, 0.05) is 34.3 Å². The van der Waals surface area contributed by atoms with E-state index >= 15 is 0 Å². The number of pyridine rings is 1. The molecular weight excluding hydrogens is 386 g/mol. The number of aromatic nitrogens is 1. The van der Waals surface area contributed by atoms with Crippen molar-refractivity contribution in [3.8, 4) is 5.75 Å². The standard InChI is InChI=1S/C26H23N3O2/c30-26(29-22-11-10-18-7-4-12-28-25(18)14-22)19-6-3-8-23(13-19)31-17-21-16-27-15-20-5-1-2-9-24(20)21/h1-3,5-6,8-11,13-16,28H,4,7,12,17H2,(H,29,30)/p+1. The fourth-order valence-electron chi connectivity index (χ4n) is 3.97. The normalized spacial score (nSPS) is 12.6. The topological polar surface area (TPSA) is 64.5 Å². The molecule has 1 aliphatic heterocycles. The predicted octanol–water partition coefficient (Wildman–Crippen LogP) is 4.84. The fourth-order valence-corrected chi connectivity index (χ4v) is 3.97. The minimum absolute atomic E-state index is 0.153. The van der Waals surface area contributed by atoms with Gasteiger partial charge in [-0.2, -0.15) is 0 Å². The lowest BCUT2D eigenvalue weighted by Crippen LogP contribution is -2.15. The smallest absolute Gasteiger partial charge is 0.255 e. The van der Waals surface area contributed by atoms with Crippen molar-refractivity contribution in [2.24, 2.45) is 0 Å². The number of rotatable bonds is 5. The summed E-state index contributed by atoms with van der Waals surface area (Å²) in [6.07, 6.45) is 6.13. The van der Waals surface area contributed by atoms with Crippen molar-refractivity contribution >= 4 is 28.1 Å². The number of aryl methyl sites for hydroxylation is 1. The molecule has 5 heteroatoms. The Kier molecular flexibility index (Phi) is 5.23. The lowest BCUT2D eigenvalue weighted by atomic mass is 10.0. The summed E-state index contributed by atoms with van der Waals surface area (Å²) in [5, 5.41) is 8.67. The molecule has 1 amide bonds. The molecule has 1 aromatic heterocycles. The largest absolute Gasteiger partial charge is 0.489 e. The second-order valence-corrected chi connectivity index (χ2v) is 7.74. The van der Waals surface area contributed by atoms with Crippen molar-refractivity contribution in [2.75, 3.05) is 17.2 Å². The number of anilines is 2. The molecule has 3 N–H and O–H groups in total. The van der Waals surface area contributed by atoms with Crippen LogP contribution in [0.1, 0.15) is 27.9 Å². The Morgan fingerprint density at radius 2 is 1.97 bits per heavy atom. The maximum atomic E-state index is 12.8. The Bertz CT molecular complexity index is 1250. The summed E-state index contributed by atoms with van der Waals surface area (Å²) >= 11 is 0. The van der Waals surface area contributed by atoms with Gasteiger partial charge in [0.15, 0.2) is 12.4 Å². The van der Waals surface area contributed by atoms with Crippen LogP contribution in [0.3, 0.4) is 0 Å². The first-order chi connectivity index (χ1) is 15.3. The van der Waals surface area contributed by atoms with Crippen LogP contribution < -0.4 is 20.4 Å². The van der Waals surface area contributed by atoms with Crippen molar-refractivity contribution in [2.45, 2.75) is 19.4 Å². The molecule has 31 heavy (non-hydrogen) atoms. The van der Waals surface area contributed by atoms with E-state index < -0.39 is 0 Å². The minimum Gasteiger partial charge on any atom is -0.489 e. The summed E-state index contributed by atoms with van der Waals surface area (Å²) < 4.78 is 6.01. The van der Waals surface area contributed by atoms with E-state index in [1.54, 1.807) is 12.1 Å². The molecule has 0 unspecified atom stereocenters. The molecule has 1 aliphatic rings. The summed E-state index contributed by atoms with van der Waals surface area (Å²) in [4.78, 5) is 16.0. The first-order valence-corrected chi connectivity index (χ1v) is 10.5. The van der Waals surface area contributed by atoms with Gasteiger partial charge in [0.25, 0.3) is 5.91 Å². The summed E-state index contributed by atoms with van der Waals surface area (Å²) in [6.45, 7) is 1.39. The molecule has 4 aromatic rings. The van der Waals surface area contributed by atoms with Crippen LogP contribution in [0, 0.1) is 0 Å². The average Bonchev–Trinajstić information content (AvgIpc) is 2.83. The maximum absolute atomic E-state index is 12.8. The Morgan fingerprint density at radius 3 is 2.94 bits per heavy atom. The van der Waals surface area contributed by atoms with Crippen molar-refractivity contribution in [3.05, 3.63) is 95.8 Å². The van der Waals surface area contributed by atoms with E-state index in [0.29, 0.717) is 17.9 Å². The number of H-pyrrole nitrogens is 1. The highest BCUT2D eigenvalue weighted by molar-refractivity contribution is 6.04. The molecule has 2 heterocycles. The molecule has 154 valence electrons. The van der Waals surface area contributed by atoms with Crippen molar-refractivity contribution in [1.29, 1.82) is 0 Å². The van der Waals surface area contributed by atoms with Gasteiger partial charge < -0.3 is 15.4 Å². The lowest BCUT2D eigenvalue weighted by molar-refractivity contribution is -0.376. The molecule has 0 saturated carbocycles. The number of carbonyl (C=O) groups excluding carboxylic acids is 1. The van der Waals surface area contributed by atoms with E-state index in [0.717, 1.165) is 47.1 Å². The molecule has 0 spiro atoms. The number of amides is 1. The molecule has 5 rings (SSSR count). The van der Waals surface area contributed by atoms with E-state index in [9.17, 15) is 4.79 Å². The molecule has 5 nitrogen and oxygen atoms in total. The van der Waals surface area contributed by atoms with Crippen molar-refractivity contribution in [3.63, 3.8) is 0 Å². The molecule has 0 radical (unpaired) electrons. The lowest BCUT2D eigenvalue weighted by Gasteiger charge is -2.19. The minimum atomic E-state index is -0.153. The van der Waals surface area contributed by atoms with E-state index in [1.807, 2.05) is 48.8 Å². The molecule has 0 aliphatic carbocycles. The highest BCUT2D eigenvalue weighted by atomic mass is 16.5. The second-order valence-electron chi connectivity index (χ2n) is 7.74. The van der Waals surface area contributed by atoms with E-state index in [1.165, 1.54) is 5.56 Å². The highest BCUT2D eigenvalue weighted by Gasteiger charge is 2.12. The monoisotopic (exact) mass is 410 g/mol. The van der Waals surface area contributed by atoms with Crippen LogP contribution in [0.15, 0.2) is 79.1 Å². The van der Waals surface area contributed by atoms with Crippen LogP contribution in [-0.2, 0) is 13.0 Å². The van der Waals surface area contributed by atoms with Gasteiger partial charge in [-0.3, -0.25) is 4.79 Å². The van der Waals surface area contributed by atoms with E-state index in [-0.39, 0.29) is 5.91 Å². The predicted molar refractivity (Wildman–Crippen MR) is 122 cm³/mol. The first kappa shape index (κ1) is 19.1. The number of fused-ring (bicyclic) bond motifs is 2. The number of nitrogens with one attached hydrogen (secondary N) is 3. The summed E-state index contributed by atoms with van der Waals surface area (Å²) in [5.41, 5.74) is 4.82. The van der Waals surface area contributed by atoms with Crippen LogP contribution in [-0.4, -0.2) is 12.5 Å². The fraction of sp³-hybridized carbons (Fsp3) is 0.154. The van der Waals surface area contributed by atoms with Gasteiger partial charge in [-0.05, 0) is 54.8 Å². The Labute approximate surface area is 181 Å². The number of hydrogen-bond acceptors (Lipinski definition) is 3. The zero-order valence-electron chi connectivity index (χ0n) is 17.2. The Hall–Kier alpha value is -3.86. The number of hydrogen-bond donors (Lipinski definition) is 2. The highest BCUT2D eigenvalue weighted by Crippen LogP contribution is 2.26. The Morgan fingerprint density at radius 1 is 1.03 bits per heavy atom. The molecular formula is C26H24N3O2+. The quantitative estimate of drug-likeness (QED) is 0.495. The number of ether oxygens (including phenoxy) is 1. The molecule has 0 atom stereocenters. The molecule has 0 fully saturated rings. The summed E-state index contributed by atoms with van der Waals surface area (Å²) in [5.74, 6) is 0.507. The van der Waals surface area contributed by atoms with Crippen molar-refractivity contribution in [1.82, 2.24) is 0 Å². The van der Waals surface area contributed by atoms with Crippen LogP contribution in [0.25, 0.3) is 10.8 Å². The van der Waals surface area contributed by atoms with Crippen molar-refractivity contribution < 1.29 is 14.5 Å². The van der Waals surface area contributed by atoms with E-state index in [4.69, 9.17) is 4.74 Å². The molecule has 0 bridgehead atoms. The van der Waals surface area contributed by atoms with Crippen LogP contribution >= 0.6 is 0 Å². The third-order valence-electron chi connectivity index (χ3n) is 5.60.